The molecule has 4 aliphatic rings. The Bertz CT molecular complexity index is 1210. The average molecular weight is 529 g/mol. The van der Waals surface area contributed by atoms with Crippen LogP contribution in [-0.2, 0) is 18.9 Å². The van der Waals surface area contributed by atoms with E-state index in [0.29, 0.717) is 5.82 Å². The van der Waals surface area contributed by atoms with Gasteiger partial charge in [-0.15, -0.1) is 0 Å². The zero-order valence-electron chi connectivity index (χ0n) is 23.1. The molecule has 5 atom stereocenters. The highest BCUT2D eigenvalue weighted by Crippen LogP contribution is 2.45. The quantitative estimate of drug-likeness (QED) is 0.641. The molecule has 4 fully saturated rings. The van der Waals surface area contributed by atoms with E-state index in [1.165, 1.54) is 6.33 Å². The van der Waals surface area contributed by atoms with Crippen LogP contribution < -0.4 is 5.73 Å². The average Bonchev–Trinajstić information content (AvgIpc) is 3.57. The zero-order valence-corrected chi connectivity index (χ0v) is 23.1. The van der Waals surface area contributed by atoms with E-state index in [1.807, 2.05) is 56.3 Å². The predicted octanol–water partition coefficient (Wildman–Crippen LogP) is 3.15. The van der Waals surface area contributed by atoms with E-state index in [1.54, 1.807) is 0 Å². The number of anilines is 1. The lowest BCUT2D eigenvalue weighted by atomic mass is 9.79. The molecule has 11 nitrogen and oxygen atoms in total. The van der Waals surface area contributed by atoms with Crippen LogP contribution in [0, 0.1) is 5.41 Å². The van der Waals surface area contributed by atoms with Crippen molar-refractivity contribution in [2.45, 2.75) is 89.8 Å². The van der Waals surface area contributed by atoms with Gasteiger partial charge in [-0.3, -0.25) is 0 Å². The highest BCUT2D eigenvalue weighted by Gasteiger charge is 2.56. The zero-order chi connectivity index (χ0) is 26.9. The summed E-state index contributed by atoms with van der Waals surface area (Å²) < 4.78 is 27.1. The molecule has 0 saturated carbocycles. The minimum absolute atomic E-state index is 0.0872. The Morgan fingerprint density at radius 3 is 2.74 bits per heavy atom. The van der Waals surface area contributed by atoms with Gasteiger partial charge in [0.2, 0.25) is 0 Å². The van der Waals surface area contributed by atoms with Gasteiger partial charge in [0, 0.05) is 37.8 Å². The minimum atomic E-state index is -0.699. The van der Waals surface area contributed by atoms with Crippen molar-refractivity contribution in [2.24, 2.45) is 5.41 Å². The van der Waals surface area contributed by atoms with Crippen molar-refractivity contribution in [2.75, 3.05) is 38.5 Å². The summed E-state index contributed by atoms with van der Waals surface area (Å²) in [5.74, 6) is -0.255. The van der Waals surface area contributed by atoms with Crippen molar-refractivity contribution in [3.63, 3.8) is 0 Å². The molecule has 0 bridgehead atoms. The lowest BCUT2D eigenvalue weighted by Gasteiger charge is -2.41. The lowest BCUT2D eigenvalue weighted by Crippen LogP contribution is -2.49. The Morgan fingerprint density at radius 1 is 1.16 bits per heavy atom. The van der Waals surface area contributed by atoms with Crippen LogP contribution in [-0.4, -0.2) is 92.9 Å². The second kappa shape index (κ2) is 9.04. The van der Waals surface area contributed by atoms with E-state index in [9.17, 15) is 4.79 Å². The van der Waals surface area contributed by atoms with E-state index < -0.39 is 11.4 Å². The smallest absolute Gasteiger partial charge is 0.410 e. The first kappa shape index (κ1) is 25.8. The summed E-state index contributed by atoms with van der Waals surface area (Å²) in [5.41, 5.74) is 6.41. The molecule has 6 rings (SSSR count). The van der Waals surface area contributed by atoms with Gasteiger partial charge in [-0.25, -0.2) is 14.8 Å². The number of aromatic nitrogens is 3. The number of nitrogen functional groups attached to an aromatic ring is 1. The topological polar surface area (TPSA) is 117 Å². The lowest BCUT2D eigenvalue weighted by molar-refractivity contribution is -0.198. The fraction of sp³-hybridized carbons (Fsp3) is 0.741. The summed E-state index contributed by atoms with van der Waals surface area (Å²) in [7, 11) is 0. The van der Waals surface area contributed by atoms with Crippen molar-refractivity contribution in [1.29, 1.82) is 0 Å². The van der Waals surface area contributed by atoms with Gasteiger partial charge in [-0.05, 0) is 66.5 Å². The molecule has 208 valence electrons. The number of hydrogen-bond acceptors (Lipinski definition) is 9. The molecule has 6 heterocycles. The van der Waals surface area contributed by atoms with Crippen molar-refractivity contribution >= 4 is 22.9 Å². The molecule has 2 aromatic heterocycles. The summed E-state index contributed by atoms with van der Waals surface area (Å²) in [4.78, 5) is 25.7. The van der Waals surface area contributed by atoms with Gasteiger partial charge >= 0.3 is 6.09 Å². The van der Waals surface area contributed by atoms with Gasteiger partial charge in [0.25, 0.3) is 0 Å². The van der Waals surface area contributed by atoms with Crippen molar-refractivity contribution in [3.05, 3.63) is 18.6 Å². The third-order valence-corrected chi connectivity index (χ3v) is 8.21. The first-order valence-electron chi connectivity index (χ1n) is 13.7. The number of likely N-dealkylation sites (tertiary alicyclic amines) is 2. The van der Waals surface area contributed by atoms with Gasteiger partial charge in [0.05, 0.1) is 5.39 Å². The molecule has 1 unspecified atom stereocenters. The Balaban J connectivity index is 1.17. The van der Waals surface area contributed by atoms with Crippen molar-refractivity contribution in [1.82, 2.24) is 24.3 Å². The van der Waals surface area contributed by atoms with Gasteiger partial charge in [0.1, 0.15) is 41.7 Å². The van der Waals surface area contributed by atoms with Crippen LogP contribution in [0.4, 0.5) is 10.6 Å². The Morgan fingerprint density at radius 2 is 1.95 bits per heavy atom. The molecule has 0 radical (unpaired) electrons. The molecule has 38 heavy (non-hydrogen) atoms. The second-order valence-electron chi connectivity index (χ2n) is 12.8. The maximum Gasteiger partial charge on any atom is 0.410 e. The van der Waals surface area contributed by atoms with Gasteiger partial charge in [-0.2, -0.15) is 0 Å². The van der Waals surface area contributed by atoms with Gasteiger partial charge in [-0.1, -0.05) is 0 Å². The number of nitrogens with two attached hydrogens (primary N) is 1. The Kier molecular flexibility index (Phi) is 6.14. The molecule has 0 aromatic carbocycles. The molecular formula is C27H40N6O5. The summed E-state index contributed by atoms with van der Waals surface area (Å²) in [6.45, 7) is 13.8. The molecular weight excluding hydrogens is 488 g/mol. The number of carbonyl (C=O) groups is 1. The minimum Gasteiger partial charge on any atom is -0.444 e. The van der Waals surface area contributed by atoms with Crippen molar-refractivity contribution < 1.29 is 23.7 Å². The number of hydrogen-bond donors (Lipinski definition) is 1. The van der Waals surface area contributed by atoms with Crippen LogP contribution in [0.25, 0.3) is 11.0 Å². The number of rotatable bonds is 3. The van der Waals surface area contributed by atoms with Crippen LogP contribution in [0.15, 0.2) is 18.6 Å². The molecule has 0 aliphatic carbocycles. The molecule has 1 spiro atoms. The van der Waals surface area contributed by atoms with E-state index in [-0.39, 0.29) is 36.0 Å². The van der Waals surface area contributed by atoms with Crippen LogP contribution in [0.3, 0.4) is 0 Å². The molecule has 2 aromatic rings. The maximum atomic E-state index is 12.7. The van der Waals surface area contributed by atoms with Crippen LogP contribution >= 0.6 is 0 Å². The largest absolute Gasteiger partial charge is 0.444 e. The normalized spacial score (nSPS) is 33.3. The van der Waals surface area contributed by atoms with E-state index in [0.717, 1.165) is 63.0 Å². The number of ether oxygens (including phenoxy) is 4. The number of nitrogens with zero attached hydrogens (tertiary/aromatic N) is 5. The van der Waals surface area contributed by atoms with Gasteiger partial charge < -0.3 is 39.0 Å². The summed E-state index contributed by atoms with van der Waals surface area (Å²) in [6, 6.07) is 1.92. The highest BCUT2D eigenvalue weighted by molar-refractivity contribution is 5.86. The van der Waals surface area contributed by atoms with E-state index >= 15 is 0 Å². The van der Waals surface area contributed by atoms with Crippen LogP contribution in [0.5, 0.6) is 0 Å². The molecule has 4 saturated heterocycles. The van der Waals surface area contributed by atoms with Crippen LogP contribution in [0.1, 0.15) is 60.1 Å². The number of carbonyl (C=O) groups excluding carboxylic acids is 1. The van der Waals surface area contributed by atoms with Crippen molar-refractivity contribution in [3.8, 4) is 0 Å². The Hall–Kier alpha value is -2.47. The highest BCUT2D eigenvalue weighted by atomic mass is 16.8. The maximum absolute atomic E-state index is 12.7. The number of fused-ring (bicyclic) bond motifs is 2. The summed E-state index contributed by atoms with van der Waals surface area (Å²) in [5, 5.41) is 0.794. The van der Waals surface area contributed by atoms with E-state index in [4.69, 9.17) is 24.7 Å². The monoisotopic (exact) mass is 528 g/mol. The standard InChI is InChI=1S/C27H40N6O5/c1-25(2,3)38-24(34)32-12-9-27(15-32)8-6-10-31(14-27)13-18-19-20(37-26(4,5)36-19)23(35-18)33-11-7-17-21(28)29-16-30-22(17)33/h7,11,16,18-20,23H,6,8-10,12-15H2,1-5H3,(H2,28,29,30)/t18-,19-,20-,23-,27?/m1/s1. The molecule has 2 N–H and O–H groups in total. The third kappa shape index (κ3) is 4.74. The summed E-state index contributed by atoms with van der Waals surface area (Å²) in [6.07, 6.45) is 5.39. The fourth-order valence-corrected chi connectivity index (χ4v) is 6.70. The van der Waals surface area contributed by atoms with Gasteiger partial charge in [0.15, 0.2) is 12.0 Å². The molecule has 4 aliphatic heterocycles. The fourth-order valence-electron chi connectivity index (χ4n) is 6.70. The SMILES string of the molecule is CC(C)(C)OC(=O)N1CCC2(CCCN(C[C@H]3O[C@@H](n4ccc5c(N)ncnc54)[C@@H]4OC(C)(C)O[C@@H]43)C2)C1. The number of piperidine rings is 1. The predicted molar refractivity (Wildman–Crippen MR) is 140 cm³/mol. The molecule has 1 amide bonds. The molecule has 11 heteroatoms. The third-order valence-electron chi connectivity index (χ3n) is 8.21. The first-order valence-corrected chi connectivity index (χ1v) is 13.7. The van der Waals surface area contributed by atoms with Crippen LogP contribution in [0.2, 0.25) is 0 Å². The number of amides is 1. The Labute approximate surface area is 223 Å². The summed E-state index contributed by atoms with van der Waals surface area (Å²) >= 11 is 0. The van der Waals surface area contributed by atoms with E-state index in [2.05, 4.69) is 14.9 Å². The first-order chi connectivity index (χ1) is 17.9. The second-order valence-corrected chi connectivity index (χ2v) is 12.8.